The topological polar surface area (TPSA) is 24.9 Å². The van der Waals surface area contributed by atoms with E-state index in [0.29, 0.717) is 0 Å². The maximum Gasteiger partial charge on any atom is 0.151 e. The highest BCUT2D eigenvalue weighted by Crippen LogP contribution is 2.55. The fourth-order valence-corrected chi connectivity index (χ4v) is 10.0. The molecular formula is C60H38N2O2. The summed E-state index contributed by atoms with van der Waals surface area (Å²) in [6, 6.07) is 82.4. The molecule has 4 nitrogen and oxygen atoms in total. The van der Waals surface area contributed by atoms with Crippen LogP contribution in [0.5, 0.6) is 23.0 Å². The number of hydrogen-bond donors (Lipinski definition) is 0. The lowest BCUT2D eigenvalue weighted by Gasteiger charge is -2.33. The minimum absolute atomic E-state index is 0.822. The molecule has 2 aliphatic heterocycles. The van der Waals surface area contributed by atoms with E-state index in [1.54, 1.807) is 0 Å². The summed E-state index contributed by atoms with van der Waals surface area (Å²) in [6.45, 7) is 0. The standard InChI is InChI=1S/C60H38N2O2/c1-4-18-39(19-5-1)46-38-47(40-20-6-2-7-21-40)59-44-34-32-42(61-50-24-10-14-28-54(50)63-55-29-15-11-25-51(55)61)36-48(44)49-37-43(33-35-45(49)60(59)58(46)41-22-8-3-9-23-41)62-52-26-12-16-30-56(52)64-57-31-17-13-27-53(57)62/h1-38H. The molecule has 0 amide bonds. The Morgan fingerprint density at radius 1 is 0.266 bits per heavy atom. The van der Waals surface area contributed by atoms with E-state index in [9.17, 15) is 0 Å². The van der Waals surface area contributed by atoms with Crippen molar-refractivity contribution in [1.82, 2.24) is 0 Å². The van der Waals surface area contributed by atoms with Crippen LogP contribution in [-0.4, -0.2) is 0 Å². The first-order valence-corrected chi connectivity index (χ1v) is 21.8. The monoisotopic (exact) mass is 818 g/mol. The first-order valence-electron chi connectivity index (χ1n) is 21.8. The van der Waals surface area contributed by atoms with E-state index in [1.807, 2.05) is 36.4 Å². The largest absolute Gasteiger partial charge is 0.453 e. The zero-order chi connectivity index (χ0) is 42.1. The molecule has 4 heteroatoms. The molecular weight excluding hydrogens is 781 g/mol. The van der Waals surface area contributed by atoms with Crippen LogP contribution in [0, 0.1) is 0 Å². The summed E-state index contributed by atoms with van der Waals surface area (Å²) < 4.78 is 13.0. The molecule has 0 aromatic heterocycles. The van der Waals surface area contributed by atoms with Crippen LogP contribution in [-0.2, 0) is 0 Å². The first-order chi connectivity index (χ1) is 31.8. The summed E-state index contributed by atoms with van der Waals surface area (Å²) in [4.78, 5) is 4.68. The van der Waals surface area contributed by atoms with Crippen molar-refractivity contribution in [2.75, 3.05) is 9.80 Å². The number of benzene rings is 11. The van der Waals surface area contributed by atoms with E-state index in [0.717, 1.165) is 67.9 Å². The molecule has 0 fully saturated rings. The summed E-state index contributed by atoms with van der Waals surface area (Å²) in [5.74, 6) is 3.29. The van der Waals surface area contributed by atoms with Gasteiger partial charge in [0.15, 0.2) is 23.0 Å². The molecule has 11 aromatic rings. The van der Waals surface area contributed by atoms with E-state index >= 15 is 0 Å². The van der Waals surface area contributed by atoms with Crippen LogP contribution in [0.1, 0.15) is 0 Å². The lowest BCUT2D eigenvalue weighted by atomic mass is 9.81. The molecule has 11 aromatic carbocycles. The molecule has 13 rings (SSSR count). The first kappa shape index (κ1) is 36.1. The van der Waals surface area contributed by atoms with Gasteiger partial charge in [-0.3, -0.25) is 0 Å². The Balaban J connectivity index is 1.20. The Morgan fingerprint density at radius 3 is 1.06 bits per heavy atom. The van der Waals surface area contributed by atoms with Crippen LogP contribution in [0.25, 0.3) is 65.7 Å². The summed E-state index contributed by atoms with van der Waals surface area (Å²) in [7, 11) is 0. The van der Waals surface area contributed by atoms with E-state index in [4.69, 9.17) is 9.47 Å². The maximum absolute atomic E-state index is 6.50. The Morgan fingerprint density at radius 2 is 0.625 bits per heavy atom. The summed E-state index contributed by atoms with van der Waals surface area (Å²) in [6.07, 6.45) is 0. The molecule has 0 radical (unpaired) electrons. The minimum Gasteiger partial charge on any atom is -0.453 e. The van der Waals surface area contributed by atoms with Crippen molar-refractivity contribution in [3.8, 4) is 56.4 Å². The predicted octanol–water partition coefficient (Wildman–Crippen LogP) is 17.3. The van der Waals surface area contributed by atoms with Crippen molar-refractivity contribution in [1.29, 1.82) is 0 Å². The van der Waals surface area contributed by atoms with Gasteiger partial charge >= 0.3 is 0 Å². The molecule has 2 aliphatic rings. The molecule has 0 saturated heterocycles. The van der Waals surface area contributed by atoms with Gasteiger partial charge < -0.3 is 19.3 Å². The second-order valence-electron chi connectivity index (χ2n) is 16.4. The van der Waals surface area contributed by atoms with Crippen LogP contribution >= 0.6 is 0 Å². The highest BCUT2D eigenvalue weighted by atomic mass is 16.5. The molecule has 64 heavy (non-hydrogen) atoms. The van der Waals surface area contributed by atoms with Gasteiger partial charge in [-0.25, -0.2) is 0 Å². The average Bonchev–Trinajstić information content (AvgIpc) is 3.37. The number of rotatable bonds is 5. The average molecular weight is 819 g/mol. The van der Waals surface area contributed by atoms with Gasteiger partial charge in [-0.2, -0.15) is 0 Å². The van der Waals surface area contributed by atoms with Gasteiger partial charge in [-0.05, 0) is 145 Å². The molecule has 0 spiro atoms. The normalized spacial score (nSPS) is 12.6. The third kappa shape index (κ3) is 5.63. The molecule has 0 saturated carbocycles. The van der Waals surface area contributed by atoms with Gasteiger partial charge in [0.1, 0.15) is 0 Å². The third-order valence-corrected chi connectivity index (χ3v) is 12.8. The summed E-state index contributed by atoms with van der Waals surface area (Å²) in [5, 5.41) is 7.10. The highest BCUT2D eigenvalue weighted by molar-refractivity contribution is 6.33. The number of fused-ring (bicyclic) bond motifs is 10. The Kier molecular flexibility index (Phi) is 8.18. The van der Waals surface area contributed by atoms with Crippen molar-refractivity contribution < 1.29 is 9.47 Å². The summed E-state index contributed by atoms with van der Waals surface area (Å²) >= 11 is 0. The highest BCUT2D eigenvalue weighted by Gasteiger charge is 2.29. The zero-order valence-electron chi connectivity index (χ0n) is 34.7. The van der Waals surface area contributed by atoms with Gasteiger partial charge in [-0.15, -0.1) is 0 Å². The van der Waals surface area contributed by atoms with Gasteiger partial charge in [0.05, 0.1) is 22.7 Å². The number of anilines is 6. The molecule has 0 unspecified atom stereocenters. The maximum atomic E-state index is 6.50. The lowest BCUT2D eigenvalue weighted by Crippen LogP contribution is -2.16. The minimum atomic E-state index is 0.822. The smallest absolute Gasteiger partial charge is 0.151 e. The molecule has 2 heterocycles. The van der Waals surface area contributed by atoms with Gasteiger partial charge in [-0.1, -0.05) is 152 Å². The van der Waals surface area contributed by atoms with Crippen molar-refractivity contribution in [3.05, 3.63) is 231 Å². The van der Waals surface area contributed by atoms with Crippen LogP contribution in [0.15, 0.2) is 231 Å². The lowest BCUT2D eigenvalue weighted by molar-refractivity contribution is 0.477. The Labute approximate surface area is 371 Å². The van der Waals surface area contributed by atoms with Crippen molar-refractivity contribution in [3.63, 3.8) is 0 Å². The van der Waals surface area contributed by atoms with Crippen LogP contribution in [0.4, 0.5) is 34.1 Å². The number of nitrogens with zero attached hydrogens (tertiary/aromatic N) is 2. The van der Waals surface area contributed by atoms with Crippen LogP contribution < -0.4 is 19.3 Å². The van der Waals surface area contributed by atoms with Crippen molar-refractivity contribution >= 4 is 66.4 Å². The Bertz CT molecular complexity index is 3530. The molecule has 0 N–H and O–H groups in total. The van der Waals surface area contributed by atoms with Crippen LogP contribution in [0.3, 0.4) is 0 Å². The molecule has 0 bridgehead atoms. The van der Waals surface area contributed by atoms with E-state index in [-0.39, 0.29) is 0 Å². The van der Waals surface area contributed by atoms with Crippen molar-refractivity contribution in [2.24, 2.45) is 0 Å². The number of para-hydroxylation sites is 8. The van der Waals surface area contributed by atoms with Gasteiger partial charge in [0, 0.05) is 11.4 Å². The molecule has 0 atom stereocenters. The van der Waals surface area contributed by atoms with Gasteiger partial charge in [0.25, 0.3) is 0 Å². The second-order valence-corrected chi connectivity index (χ2v) is 16.4. The van der Waals surface area contributed by atoms with E-state index in [1.165, 1.54) is 54.9 Å². The van der Waals surface area contributed by atoms with E-state index in [2.05, 4.69) is 204 Å². The molecule has 0 aliphatic carbocycles. The Hall–Kier alpha value is -8.60. The fourth-order valence-electron chi connectivity index (χ4n) is 10.0. The predicted molar refractivity (Wildman–Crippen MR) is 265 cm³/mol. The van der Waals surface area contributed by atoms with E-state index < -0.39 is 0 Å². The fraction of sp³-hybridized carbons (Fsp3) is 0. The number of ether oxygens (including phenoxy) is 2. The van der Waals surface area contributed by atoms with Crippen molar-refractivity contribution in [2.45, 2.75) is 0 Å². The second kappa shape index (κ2) is 14.5. The van der Waals surface area contributed by atoms with Crippen LogP contribution in [0.2, 0.25) is 0 Å². The van der Waals surface area contributed by atoms with Gasteiger partial charge in [0.2, 0.25) is 0 Å². The SMILES string of the molecule is c1ccc(-c2cc(-c3ccccc3)c3c4ccc(N5c6ccccc6Oc6ccccc65)cc4c4cc(N5c6ccccc6Oc6ccccc65)ccc4c3c2-c2ccccc2)cc1. The third-order valence-electron chi connectivity index (χ3n) is 12.8. The zero-order valence-corrected chi connectivity index (χ0v) is 34.7. The molecule has 300 valence electrons. The quantitative estimate of drug-likeness (QED) is 0.162. The summed E-state index contributed by atoms with van der Waals surface area (Å²) in [5.41, 5.74) is 13.2. The number of hydrogen-bond acceptors (Lipinski definition) is 4.